The quantitative estimate of drug-likeness (QED) is 0.529. The fraction of sp³-hybridized carbons (Fsp3) is 0.810. The molecule has 0 N–H and O–H groups in total. The van der Waals surface area contributed by atoms with Crippen molar-refractivity contribution in [3.63, 3.8) is 0 Å². The molecule has 3 rings (SSSR count). The molecule has 2 fully saturated rings. The van der Waals surface area contributed by atoms with Gasteiger partial charge in [0, 0.05) is 7.11 Å². The van der Waals surface area contributed by atoms with Crippen LogP contribution in [0.5, 0.6) is 0 Å². The zero-order valence-corrected chi connectivity index (χ0v) is 16.3. The molecule has 0 aromatic heterocycles. The molecule has 1 aliphatic carbocycles. The van der Waals surface area contributed by atoms with Crippen molar-refractivity contribution in [3.8, 4) is 0 Å². The second-order valence-electron chi connectivity index (χ2n) is 8.80. The Bertz CT molecular complexity index is 547. The molecule has 4 atom stereocenters. The Labute approximate surface area is 147 Å². The summed E-state index contributed by atoms with van der Waals surface area (Å²) in [5.74, 6) is 0. The minimum absolute atomic E-state index is 0.00150. The molecule has 3 heteroatoms. The first-order valence-corrected chi connectivity index (χ1v) is 9.46. The van der Waals surface area contributed by atoms with E-state index in [-0.39, 0.29) is 22.9 Å². The maximum atomic E-state index is 6.06. The van der Waals surface area contributed by atoms with Crippen LogP contribution < -0.4 is 0 Å². The average molecular weight is 335 g/mol. The highest BCUT2D eigenvalue weighted by Crippen LogP contribution is 2.47. The van der Waals surface area contributed by atoms with Gasteiger partial charge in [-0.3, -0.25) is 0 Å². The lowest BCUT2D eigenvalue weighted by Crippen LogP contribution is -2.27. The molecule has 2 heterocycles. The number of rotatable bonds is 2. The molecule has 0 unspecified atom stereocenters. The van der Waals surface area contributed by atoms with Crippen LogP contribution in [0, 0.1) is 0 Å². The van der Waals surface area contributed by atoms with Gasteiger partial charge >= 0.3 is 0 Å². The van der Waals surface area contributed by atoms with E-state index in [0.717, 1.165) is 38.5 Å². The SMILES string of the molecule is COC(C)(C)/C1=C/[C@H]2O[C@]2(C)CC/C=C(\C)CC[C@H]2O[C@]2(C)CC1. The molecule has 24 heavy (non-hydrogen) atoms. The van der Waals surface area contributed by atoms with Gasteiger partial charge in [0.25, 0.3) is 0 Å². The summed E-state index contributed by atoms with van der Waals surface area (Å²) in [6, 6.07) is 0. The largest absolute Gasteiger partial charge is 0.374 e. The Morgan fingerprint density at radius 2 is 1.88 bits per heavy atom. The van der Waals surface area contributed by atoms with E-state index >= 15 is 0 Å². The highest BCUT2D eigenvalue weighted by atomic mass is 16.6. The predicted octanol–water partition coefficient (Wildman–Crippen LogP) is 4.95. The highest BCUT2D eigenvalue weighted by molar-refractivity contribution is 5.24. The van der Waals surface area contributed by atoms with E-state index in [1.807, 2.05) is 0 Å². The molecule has 2 saturated heterocycles. The van der Waals surface area contributed by atoms with Gasteiger partial charge in [-0.25, -0.2) is 0 Å². The van der Waals surface area contributed by atoms with Gasteiger partial charge in [-0.1, -0.05) is 17.7 Å². The molecule has 0 bridgehead atoms. The number of fused-ring (bicyclic) bond motifs is 2. The third-order valence-electron chi connectivity index (χ3n) is 6.44. The van der Waals surface area contributed by atoms with Crippen LogP contribution in [0.3, 0.4) is 0 Å². The van der Waals surface area contributed by atoms with Crippen LogP contribution in [-0.2, 0) is 14.2 Å². The van der Waals surface area contributed by atoms with Crippen LogP contribution in [0.4, 0.5) is 0 Å². The summed E-state index contributed by atoms with van der Waals surface area (Å²) < 4.78 is 17.9. The summed E-state index contributed by atoms with van der Waals surface area (Å²) in [6.45, 7) is 11.1. The van der Waals surface area contributed by atoms with Gasteiger partial charge in [0.2, 0.25) is 0 Å². The number of epoxide rings is 2. The van der Waals surface area contributed by atoms with Crippen LogP contribution in [0.1, 0.15) is 73.1 Å². The lowest BCUT2D eigenvalue weighted by Gasteiger charge is -2.27. The van der Waals surface area contributed by atoms with E-state index in [0.29, 0.717) is 6.10 Å². The summed E-state index contributed by atoms with van der Waals surface area (Å²) in [4.78, 5) is 0. The van der Waals surface area contributed by atoms with E-state index in [4.69, 9.17) is 14.2 Å². The molecule has 2 aliphatic heterocycles. The van der Waals surface area contributed by atoms with E-state index < -0.39 is 0 Å². The minimum atomic E-state index is -0.249. The van der Waals surface area contributed by atoms with Crippen molar-refractivity contribution in [2.75, 3.05) is 7.11 Å². The maximum Gasteiger partial charge on any atom is 0.106 e. The van der Waals surface area contributed by atoms with Crippen molar-refractivity contribution < 1.29 is 14.2 Å². The molecule has 0 radical (unpaired) electrons. The monoisotopic (exact) mass is 334 g/mol. The first-order valence-electron chi connectivity index (χ1n) is 9.46. The van der Waals surface area contributed by atoms with Gasteiger partial charge in [0.15, 0.2) is 0 Å². The van der Waals surface area contributed by atoms with Crippen molar-refractivity contribution in [2.24, 2.45) is 0 Å². The zero-order valence-electron chi connectivity index (χ0n) is 16.3. The van der Waals surface area contributed by atoms with Crippen LogP contribution in [0.15, 0.2) is 23.3 Å². The molecule has 0 spiro atoms. The second-order valence-corrected chi connectivity index (χ2v) is 8.80. The van der Waals surface area contributed by atoms with E-state index in [1.54, 1.807) is 7.11 Å². The van der Waals surface area contributed by atoms with Gasteiger partial charge in [-0.15, -0.1) is 0 Å². The van der Waals surface area contributed by atoms with E-state index in [9.17, 15) is 0 Å². The summed E-state index contributed by atoms with van der Waals surface area (Å²) >= 11 is 0. The van der Waals surface area contributed by atoms with Gasteiger partial charge in [-0.2, -0.15) is 0 Å². The fourth-order valence-electron chi connectivity index (χ4n) is 3.89. The first kappa shape index (κ1) is 18.2. The van der Waals surface area contributed by atoms with Crippen molar-refractivity contribution in [1.82, 2.24) is 0 Å². The van der Waals surface area contributed by atoms with E-state index in [1.165, 1.54) is 11.1 Å². The molecule has 0 aromatic carbocycles. The normalized spacial score (nSPS) is 44.9. The van der Waals surface area contributed by atoms with Crippen molar-refractivity contribution in [2.45, 2.75) is 102 Å². The molecule has 0 amide bonds. The Morgan fingerprint density at radius 3 is 2.58 bits per heavy atom. The lowest BCUT2D eigenvalue weighted by molar-refractivity contribution is 0.0507. The number of hydrogen-bond acceptors (Lipinski definition) is 3. The topological polar surface area (TPSA) is 34.3 Å². The Morgan fingerprint density at radius 1 is 1.12 bits per heavy atom. The van der Waals surface area contributed by atoms with Crippen molar-refractivity contribution >= 4 is 0 Å². The smallest absolute Gasteiger partial charge is 0.106 e. The van der Waals surface area contributed by atoms with E-state index in [2.05, 4.69) is 46.8 Å². The average Bonchev–Trinajstić information content (AvgIpc) is 3.37. The summed E-state index contributed by atoms with van der Waals surface area (Å²) in [6.07, 6.45) is 11.9. The van der Waals surface area contributed by atoms with Crippen LogP contribution in [0.2, 0.25) is 0 Å². The number of allylic oxidation sites excluding steroid dienone is 2. The molecular weight excluding hydrogens is 300 g/mol. The molecule has 3 nitrogen and oxygen atoms in total. The molecule has 0 aromatic rings. The summed E-state index contributed by atoms with van der Waals surface area (Å²) in [7, 11) is 1.80. The highest BCUT2D eigenvalue weighted by Gasteiger charge is 2.53. The number of methoxy groups -OCH3 is 1. The second kappa shape index (κ2) is 6.26. The molecule has 0 saturated carbocycles. The van der Waals surface area contributed by atoms with Gasteiger partial charge < -0.3 is 14.2 Å². The lowest BCUT2D eigenvalue weighted by atomic mass is 9.86. The van der Waals surface area contributed by atoms with Gasteiger partial charge in [0.05, 0.1) is 22.9 Å². The fourth-order valence-corrected chi connectivity index (χ4v) is 3.89. The third-order valence-corrected chi connectivity index (χ3v) is 6.44. The Kier molecular flexibility index (Phi) is 4.74. The third kappa shape index (κ3) is 3.79. The molecule has 136 valence electrons. The molecule has 3 aliphatic rings. The summed E-state index contributed by atoms with van der Waals surface area (Å²) in [5.41, 5.74) is 2.63. The Balaban J connectivity index is 1.80. The van der Waals surface area contributed by atoms with Crippen LogP contribution >= 0.6 is 0 Å². The maximum absolute atomic E-state index is 6.06. The van der Waals surface area contributed by atoms with Crippen LogP contribution in [-0.4, -0.2) is 36.1 Å². The zero-order chi connectivity index (χ0) is 17.6. The Hall–Kier alpha value is -0.640. The standard InChI is InChI=1S/C21H34O3/c1-15-8-7-12-20(4)18(24-20)14-16(19(2,3)22-6)11-13-21(5)17(23-21)10-9-15/h8,14,17-18H,7,9-13H2,1-6H3/b15-8+,16-14+/t17-,18-,20-,21-/m1/s1. The molecular formula is C21H34O3. The van der Waals surface area contributed by atoms with Gasteiger partial charge in [0.1, 0.15) is 6.10 Å². The first-order chi connectivity index (χ1) is 11.2. The van der Waals surface area contributed by atoms with Crippen molar-refractivity contribution in [1.29, 1.82) is 0 Å². The van der Waals surface area contributed by atoms with Gasteiger partial charge in [-0.05, 0) is 78.7 Å². The summed E-state index contributed by atoms with van der Waals surface area (Å²) in [5, 5.41) is 0. The number of hydrogen-bond donors (Lipinski definition) is 0. The number of ether oxygens (including phenoxy) is 3. The van der Waals surface area contributed by atoms with Crippen LogP contribution in [0.25, 0.3) is 0 Å². The van der Waals surface area contributed by atoms with Crippen molar-refractivity contribution in [3.05, 3.63) is 23.3 Å². The predicted molar refractivity (Wildman–Crippen MR) is 97.2 cm³/mol. The minimum Gasteiger partial charge on any atom is -0.374 e.